The summed E-state index contributed by atoms with van der Waals surface area (Å²) in [6, 6.07) is 5.70. The van der Waals surface area contributed by atoms with E-state index >= 15 is 0 Å². The molecule has 0 bridgehead atoms. The number of amides is 1. The molecule has 6 heteroatoms. The van der Waals surface area contributed by atoms with E-state index in [4.69, 9.17) is 0 Å². The standard InChI is InChI=1S/C17H26N2O3S/c1-4-5-12-23(21,22)19-10-8-18(9-11-19)17(20)16-7-6-14(2)15(3)13-16/h6-7,13H,4-5,8-12H2,1-3H3. The number of rotatable bonds is 5. The smallest absolute Gasteiger partial charge is 0.253 e. The second-order valence-corrected chi connectivity index (χ2v) is 8.25. The third-order valence-electron chi connectivity index (χ3n) is 4.43. The molecule has 0 aromatic heterocycles. The van der Waals surface area contributed by atoms with Crippen molar-refractivity contribution in [3.05, 3.63) is 34.9 Å². The van der Waals surface area contributed by atoms with Crippen LogP contribution >= 0.6 is 0 Å². The Hall–Kier alpha value is -1.40. The maximum Gasteiger partial charge on any atom is 0.253 e. The molecule has 0 radical (unpaired) electrons. The molecule has 0 saturated carbocycles. The second-order valence-electron chi connectivity index (χ2n) is 6.16. The van der Waals surface area contributed by atoms with E-state index in [9.17, 15) is 13.2 Å². The van der Waals surface area contributed by atoms with Crippen molar-refractivity contribution in [1.82, 2.24) is 9.21 Å². The molecule has 5 nitrogen and oxygen atoms in total. The molecular formula is C17H26N2O3S. The average molecular weight is 338 g/mol. The summed E-state index contributed by atoms with van der Waals surface area (Å²) >= 11 is 0. The Balaban J connectivity index is 1.98. The summed E-state index contributed by atoms with van der Waals surface area (Å²) in [4.78, 5) is 14.3. The van der Waals surface area contributed by atoms with Gasteiger partial charge in [-0.15, -0.1) is 0 Å². The van der Waals surface area contributed by atoms with E-state index in [-0.39, 0.29) is 11.7 Å². The minimum absolute atomic E-state index is 0.0151. The Morgan fingerprint density at radius 1 is 1.09 bits per heavy atom. The van der Waals surface area contributed by atoms with Gasteiger partial charge in [-0.3, -0.25) is 4.79 Å². The van der Waals surface area contributed by atoms with Gasteiger partial charge in [-0.05, 0) is 43.5 Å². The van der Waals surface area contributed by atoms with Crippen molar-refractivity contribution in [2.75, 3.05) is 31.9 Å². The Morgan fingerprint density at radius 2 is 1.74 bits per heavy atom. The first-order valence-electron chi connectivity index (χ1n) is 8.19. The highest BCUT2D eigenvalue weighted by Crippen LogP contribution is 2.15. The minimum Gasteiger partial charge on any atom is -0.336 e. The van der Waals surface area contributed by atoms with Crippen LogP contribution < -0.4 is 0 Å². The lowest BCUT2D eigenvalue weighted by Gasteiger charge is -2.34. The van der Waals surface area contributed by atoms with Crippen LogP contribution in [0, 0.1) is 13.8 Å². The molecular weight excluding hydrogens is 312 g/mol. The van der Waals surface area contributed by atoms with Crippen LogP contribution in [0.5, 0.6) is 0 Å². The molecule has 23 heavy (non-hydrogen) atoms. The van der Waals surface area contributed by atoms with Crippen LogP contribution in [-0.2, 0) is 10.0 Å². The lowest BCUT2D eigenvalue weighted by molar-refractivity contribution is 0.0698. The predicted octanol–water partition coefficient (Wildman–Crippen LogP) is 2.19. The van der Waals surface area contributed by atoms with E-state index in [1.165, 1.54) is 4.31 Å². The molecule has 0 N–H and O–H groups in total. The fraction of sp³-hybridized carbons (Fsp3) is 0.588. The van der Waals surface area contributed by atoms with Crippen molar-refractivity contribution in [3.63, 3.8) is 0 Å². The van der Waals surface area contributed by atoms with E-state index in [1.807, 2.05) is 39.0 Å². The number of hydrogen-bond donors (Lipinski definition) is 0. The molecule has 2 rings (SSSR count). The lowest BCUT2D eigenvalue weighted by atomic mass is 10.1. The van der Waals surface area contributed by atoms with Gasteiger partial charge in [0.15, 0.2) is 0 Å². The van der Waals surface area contributed by atoms with Crippen LogP contribution in [0.2, 0.25) is 0 Å². The highest BCUT2D eigenvalue weighted by atomic mass is 32.2. The van der Waals surface area contributed by atoms with Crippen molar-refractivity contribution in [2.45, 2.75) is 33.6 Å². The highest BCUT2D eigenvalue weighted by Gasteiger charge is 2.28. The van der Waals surface area contributed by atoms with Gasteiger partial charge in [-0.25, -0.2) is 8.42 Å². The number of carbonyl (C=O) groups excluding carboxylic acids is 1. The Morgan fingerprint density at radius 3 is 2.30 bits per heavy atom. The van der Waals surface area contributed by atoms with Crippen LogP contribution in [0.15, 0.2) is 18.2 Å². The summed E-state index contributed by atoms with van der Waals surface area (Å²) in [5.74, 6) is 0.188. The van der Waals surface area contributed by atoms with Crippen molar-refractivity contribution in [2.24, 2.45) is 0 Å². The molecule has 1 heterocycles. The van der Waals surface area contributed by atoms with E-state index < -0.39 is 10.0 Å². The number of aryl methyl sites for hydroxylation is 2. The number of benzene rings is 1. The zero-order chi connectivity index (χ0) is 17.0. The van der Waals surface area contributed by atoms with Gasteiger partial charge in [0.2, 0.25) is 10.0 Å². The number of sulfonamides is 1. The quantitative estimate of drug-likeness (QED) is 0.827. The van der Waals surface area contributed by atoms with Gasteiger partial charge in [0.25, 0.3) is 5.91 Å². The van der Waals surface area contributed by atoms with Crippen molar-refractivity contribution < 1.29 is 13.2 Å². The number of hydrogen-bond acceptors (Lipinski definition) is 3. The van der Waals surface area contributed by atoms with Gasteiger partial charge in [0, 0.05) is 31.7 Å². The van der Waals surface area contributed by atoms with Crippen molar-refractivity contribution >= 4 is 15.9 Å². The third-order valence-corrected chi connectivity index (χ3v) is 6.39. The number of nitrogens with zero attached hydrogens (tertiary/aromatic N) is 2. The van der Waals surface area contributed by atoms with Crippen LogP contribution in [0.4, 0.5) is 0 Å². The zero-order valence-electron chi connectivity index (χ0n) is 14.2. The molecule has 1 aliphatic rings. The number of piperazine rings is 1. The summed E-state index contributed by atoms with van der Waals surface area (Å²) in [5, 5.41) is 0. The molecule has 1 aromatic rings. The zero-order valence-corrected chi connectivity index (χ0v) is 15.0. The lowest BCUT2D eigenvalue weighted by Crippen LogP contribution is -2.51. The Kier molecular flexibility index (Phi) is 5.81. The van der Waals surface area contributed by atoms with Gasteiger partial charge in [0.1, 0.15) is 0 Å². The summed E-state index contributed by atoms with van der Waals surface area (Å²) in [5.41, 5.74) is 2.93. The van der Waals surface area contributed by atoms with Gasteiger partial charge >= 0.3 is 0 Å². The van der Waals surface area contributed by atoms with E-state index in [2.05, 4.69) is 0 Å². The topological polar surface area (TPSA) is 57.7 Å². The Labute approximate surface area is 139 Å². The van der Waals surface area contributed by atoms with Gasteiger partial charge in [-0.1, -0.05) is 19.4 Å². The molecule has 1 aliphatic heterocycles. The van der Waals surface area contributed by atoms with Crippen molar-refractivity contribution in [3.8, 4) is 0 Å². The predicted molar refractivity (Wildman–Crippen MR) is 92.1 cm³/mol. The third kappa shape index (κ3) is 4.32. The summed E-state index contributed by atoms with van der Waals surface area (Å²) in [6.45, 7) is 7.68. The largest absolute Gasteiger partial charge is 0.336 e. The molecule has 0 atom stereocenters. The average Bonchev–Trinajstić information content (AvgIpc) is 2.55. The molecule has 0 unspecified atom stereocenters. The number of carbonyl (C=O) groups is 1. The maximum atomic E-state index is 12.5. The molecule has 1 saturated heterocycles. The van der Waals surface area contributed by atoms with E-state index in [1.54, 1.807) is 4.90 Å². The van der Waals surface area contributed by atoms with E-state index in [0.29, 0.717) is 38.2 Å². The van der Waals surface area contributed by atoms with Gasteiger partial charge in [-0.2, -0.15) is 4.31 Å². The fourth-order valence-electron chi connectivity index (χ4n) is 2.68. The summed E-state index contributed by atoms with van der Waals surface area (Å²) in [6.07, 6.45) is 1.55. The summed E-state index contributed by atoms with van der Waals surface area (Å²) in [7, 11) is -3.18. The fourth-order valence-corrected chi connectivity index (χ4v) is 4.31. The molecule has 128 valence electrons. The first kappa shape index (κ1) is 17.9. The molecule has 1 fully saturated rings. The van der Waals surface area contributed by atoms with Crippen molar-refractivity contribution in [1.29, 1.82) is 0 Å². The van der Waals surface area contributed by atoms with Crippen LogP contribution in [0.3, 0.4) is 0 Å². The van der Waals surface area contributed by atoms with Crippen LogP contribution in [-0.4, -0.2) is 55.5 Å². The van der Waals surface area contributed by atoms with Crippen LogP contribution in [0.25, 0.3) is 0 Å². The molecule has 1 amide bonds. The monoisotopic (exact) mass is 338 g/mol. The maximum absolute atomic E-state index is 12.5. The van der Waals surface area contributed by atoms with Gasteiger partial charge < -0.3 is 4.90 Å². The molecule has 1 aromatic carbocycles. The van der Waals surface area contributed by atoms with E-state index in [0.717, 1.165) is 17.5 Å². The Bertz CT molecular complexity index is 662. The number of unbranched alkanes of at least 4 members (excludes halogenated alkanes) is 1. The molecule has 0 spiro atoms. The second kappa shape index (κ2) is 7.45. The normalized spacial score (nSPS) is 16.6. The summed E-state index contributed by atoms with van der Waals surface area (Å²) < 4.78 is 25.9. The molecule has 0 aliphatic carbocycles. The SMILES string of the molecule is CCCCS(=O)(=O)N1CCN(C(=O)c2ccc(C)c(C)c2)CC1. The first-order chi connectivity index (χ1) is 10.8. The van der Waals surface area contributed by atoms with Crippen LogP contribution in [0.1, 0.15) is 41.3 Å². The first-order valence-corrected chi connectivity index (χ1v) is 9.80. The minimum atomic E-state index is -3.18. The van der Waals surface area contributed by atoms with Gasteiger partial charge in [0.05, 0.1) is 5.75 Å². The highest BCUT2D eigenvalue weighted by molar-refractivity contribution is 7.89.